The zero-order valence-corrected chi connectivity index (χ0v) is 22.7. The zero-order chi connectivity index (χ0) is 21.9. The highest BCUT2D eigenvalue weighted by molar-refractivity contribution is 14.0. The topological polar surface area (TPSA) is 52.1 Å². The van der Waals surface area contributed by atoms with E-state index < -0.39 is 0 Å². The van der Waals surface area contributed by atoms with Gasteiger partial charge in [-0.25, -0.2) is 0 Å². The van der Waals surface area contributed by atoms with Crippen molar-refractivity contribution in [3.63, 3.8) is 0 Å². The molecule has 2 unspecified atom stereocenters. The Morgan fingerprint density at radius 3 is 2.29 bits per heavy atom. The summed E-state index contributed by atoms with van der Waals surface area (Å²) in [6.07, 6.45) is 0. The van der Waals surface area contributed by atoms with E-state index in [9.17, 15) is 0 Å². The van der Waals surface area contributed by atoms with E-state index in [1.165, 1.54) is 18.7 Å². The molecule has 0 bridgehead atoms. The number of halogens is 1. The van der Waals surface area contributed by atoms with Gasteiger partial charge in [0.05, 0.1) is 12.6 Å². The van der Waals surface area contributed by atoms with Crippen LogP contribution in [0.25, 0.3) is 0 Å². The van der Waals surface area contributed by atoms with Crippen LogP contribution in [0.1, 0.15) is 46.2 Å². The number of piperazine rings is 1. The monoisotopic (exact) mass is 545 g/mol. The number of nitrogens with one attached hydrogen (secondary N) is 2. The van der Waals surface area contributed by atoms with Gasteiger partial charge >= 0.3 is 0 Å². The van der Waals surface area contributed by atoms with Gasteiger partial charge < -0.3 is 25.2 Å². The van der Waals surface area contributed by atoms with Gasteiger partial charge in [-0.15, -0.1) is 24.0 Å². The van der Waals surface area contributed by atoms with Crippen molar-refractivity contribution in [2.75, 3.05) is 59.5 Å². The molecule has 0 aromatic heterocycles. The van der Waals surface area contributed by atoms with Crippen molar-refractivity contribution < 1.29 is 4.74 Å². The zero-order valence-electron chi connectivity index (χ0n) is 20.4. The van der Waals surface area contributed by atoms with E-state index in [0.717, 1.165) is 51.0 Å². The van der Waals surface area contributed by atoms with Crippen molar-refractivity contribution in [3.8, 4) is 5.75 Å². The van der Waals surface area contributed by atoms with Crippen LogP contribution in [0, 0.1) is 11.8 Å². The first-order chi connectivity index (χ1) is 14.4. The molecule has 1 aliphatic heterocycles. The first kappa shape index (κ1) is 28.0. The molecule has 2 rings (SSSR count). The van der Waals surface area contributed by atoms with E-state index in [-0.39, 0.29) is 30.0 Å². The highest BCUT2D eigenvalue weighted by atomic mass is 127. The summed E-state index contributed by atoms with van der Waals surface area (Å²) in [5.74, 6) is 2.88. The maximum atomic E-state index is 5.79. The Morgan fingerprint density at radius 1 is 1.06 bits per heavy atom. The third-order valence-electron chi connectivity index (χ3n) is 5.39. The number of rotatable bonds is 10. The molecular weight excluding hydrogens is 501 g/mol. The fourth-order valence-corrected chi connectivity index (χ4v) is 3.50. The van der Waals surface area contributed by atoms with Crippen LogP contribution in [0.5, 0.6) is 5.75 Å². The van der Waals surface area contributed by atoms with Gasteiger partial charge in [-0.05, 0) is 50.4 Å². The van der Waals surface area contributed by atoms with Gasteiger partial charge in [-0.2, -0.15) is 0 Å². The van der Waals surface area contributed by atoms with Crippen molar-refractivity contribution in [3.05, 3.63) is 29.8 Å². The van der Waals surface area contributed by atoms with E-state index in [0.29, 0.717) is 11.8 Å². The van der Waals surface area contributed by atoms with Crippen molar-refractivity contribution in [2.24, 2.45) is 16.8 Å². The molecule has 1 aromatic carbocycles. The molecule has 2 N–H and O–H groups in total. The lowest BCUT2D eigenvalue weighted by Crippen LogP contribution is -2.46. The molecule has 31 heavy (non-hydrogen) atoms. The maximum Gasteiger partial charge on any atom is 0.191 e. The Morgan fingerprint density at radius 2 is 1.71 bits per heavy atom. The third-order valence-corrected chi connectivity index (χ3v) is 5.39. The smallest absolute Gasteiger partial charge is 0.191 e. The molecule has 7 heteroatoms. The van der Waals surface area contributed by atoms with Crippen molar-refractivity contribution in [1.29, 1.82) is 0 Å². The van der Waals surface area contributed by atoms with E-state index in [1.807, 2.05) is 0 Å². The van der Waals surface area contributed by atoms with E-state index in [2.05, 4.69) is 86.4 Å². The predicted octanol–water partition coefficient (Wildman–Crippen LogP) is 3.84. The van der Waals surface area contributed by atoms with Crippen molar-refractivity contribution in [2.45, 2.75) is 40.7 Å². The van der Waals surface area contributed by atoms with Crippen LogP contribution in [0.3, 0.4) is 0 Å². The van der Waals surface area contributed by atoms with Crippen LogP contribution < -0.4 is 15.4 Å². The normalized spacial score (nSPS) is 17.7. The van der Waals surface area contributed by atoms with Gasteiger partial charge in [0.25, 0.3) is 0 Å². The first-order valence-corrected chi connectivity index (χ1v) is 11.6. The Balaban J connectivity index is 0.00000480. The second kappa shape index (κ2) is 14.9. The molecule has 0 amide bonds. The van der Waals surface area contributed by atoms with Gasteiger partial charge in [0.1, 0.15) is 5.75 Å². The number of benzene rings is 1. The van der Waals surface area contributed by atoms with Crippen LogP contribution >= 0.6 is 24.0 Å². The molecule has 6 nitrogen and oxygen atoms in total. The Hall–Kier alpha value is -1.06. The SMILES string of the molecule is CCNC(=NCC(C)CN1CCN(C)CC1)NC(C)c1ccc(OCC(C)C)cc1.I. The van der Waals surface area contributed by atoms with Crippen LogP contribution in [0.2, 0.25) is 0 Å². The van der Waals surface area contributed by atoms with Crippen LogP contribution in [-0.2, 0) is 0 Å². The Bertz CT molecular complexity index is 629. The molecule has 1 aliphatic rings. The van der Waals surface area contributed by atoms with Gasteiger partial charge in [0, 0.05) is 45.8 Å². The first-order valence-electron chi connectivity index (χ1n) is 11.6. The summed E-state index contributed by atoms with van der Waals surface area (Å²) < 4.78 is 5.79. The average molecular weight is 546 g/mol. The fraction of sp³-hybridized carbons (Fsp3) is 0.708. The lowest BCUT2D eigenvalue weighted by Gasteiger charge is -2.33. The molecule has 0 spiro atoms. The number of hydrogen-bond donors (Lipinski definition) is 2. The number of likely N-dealkylation sites (N-methyl/N-ethyl adjacent to an activating group) is 1. The largest absolute Gasteiger partial charge is 0.493 e. The van der Waals surface area contributed by atoms with Crippen LogP contribution in [0.15, 0.2) is 29.3 Å². The molecule has 1 fully saturated rings. The summed E-state index contributed by atoms with van der Waals surface area (Å²) in [7, 11) is 2.20. The minimum Gasteiger partial charge on any atom is -0.493 e. The minimum absolute atomic E-state index is 0. The van der Waals surface area contributed by atoms with Crippen molar-refractivity contribution in [1.82, 2.24) is 20.4 Å². The molecule has 178 valence electrons. The molecule has 0 radical (unpaired) electrons. The fourth-order valence-electron chi connectivity index (χ4n) is 3.50. The number of nitrogens with zero attached hydrogens (tertiary/aromatic N) is 3. The summed E-state index contributed by atoms with van der Waals surface area (Å²) in [6.45, 7) is 19.1. The lowest BCUT2D eigenvalue weighted by atomic mass is 10.1. The minimum atomic E-state index is 0. The van der Waals surface area contributed by atoms with E-state index >= 15 is 0 Å². The molecule has 0 aliphatic carbocycles. The van der Waals surface area contributed by atoms with Gasteiger partial charge in [-0.3, -0.25) is 4.99 Å². The second-order valence-electron chi connectivity index (χ2n) is 9.07. The summed E-state index contributed by atoms with van der Waals surface area (Å²) in [6, 6.07) is 8.55. The van der Waals surface area contributed by atoms with E-state index in [1.54, 1.807) is 0 Å². The molecule has 2 atom stereocenters. The standard InChI is InChI=1S/C24H43N5O.HI/c1-7-25-24(26-16-20(4)17-29-14-12-28(6)13-15-29)27-21(5)22-8-10-23(11-9-22)30-18-19(2)3;/h8-11,19-21H,7,12-18H2,1-6H3,(H2,25,26,27);1H. The molecule has 1 heterocycles. The summed E-state index contributed by atoms with van der Waals surface area (Å²) in [5.41, 5.74) is 1.22. The second-order valence-corrected chi connectivity index (χ2v) is 9.07. The molecule has 1 aromatic rings. The van der Waals surface area contributed by atoms with Gasteiger partial charge in [-0.1, -0.05) is 32.9 Å². The summed E-state index contributed by atoms with van der Waals surface area (Å²) >= 11 is 0. The Kier molecular flexibility index (Phi) is 13.4. The number of guanidine groups is 1. The van der Waals surface area contributed by atoms with Crippen LogP contribution in [-0.4, -0.2) is 75.2 Å². The number of hydrogen-bond acceptors (Lipinski definition) is 4. The highest BCUT2D eigenvalue weighted by Crippen LogP contribution is 2.18. The third kappa shape index (κ3) is 10.9. The van der Waals surface area contributed by atoms with Crippen LogP contribution in [0.4, 0.5) is 0 Å². The van der Waals surface area contributed by atoms with Gasteiger partial charge in [0.15, 0.2) is 5.96 Å². The molecule has 1 saturated heterocycles. The summed E-state index contributed by atoms with van der Waals surface area (Å²) in [5, 5.41) is 6.93. The quantitative estimate of drug-likeness (QED) is 0.266. The predicted molar refractivity (Wildman–Crippen MR) is 143 cm³/mol. The van der Waals surface area contributed by atoms with E-state index in [4.69, 9.17) is 9.73 Å². The number of ether oxygens (including phenoxy) is 1. The van der Waals surface area contributed by atoms with Gasteiger partial charge in [0.2, 0.25) is 0 Å². The molecule has 0 saturated carbocycles. The number of aliphatic imine (C=N–C) groups is 1. The van der Waals surface area contributed by atoms with Crippen molar-refractivity contribution >= 4 is 29.9 Å². The maximum absolute atomic E-state index is 5.79. The summed E-state index contributed by atoms with van der Waals surface area (Å²) in [4.78, 5) is 9.82. The molecular formula is C24H44IN5O. The highest BCUT2D eigenvalue weighted by Gasteiger charge is 2.16. The average Bonchev–Trinajstić information content (AvgIpc) is 2.72. The lowest BCUT2D eigenvalue weighted by molar-refractivity contribution is 0.140. The Labute approximate surface area is 207 Å².